The Kier molecular flexibility index (Phi) is 5.08. The number of likely N-dealkylation sites (N-methyl/N-ethyl adjacent to an activating group) is 1. The van der Waals surface area contributed by atoms with Crippen LogP contribution in [0, 0.1) is 5.82 Å². The summed E-state index contributed by atoms with van der Waals surface area (Å²) < 4.78 is 39.7. The number of aliphatic hydroxyl groups excluding tert-OH is 1. The van der Waals surface area contributed by atoms with Gasteiger partial charge < -0.3 is 10.4 Å². The molecule has 0 saturated heterocycles. The van der Waals surface area contributed by atoms with Gasteiger partial charge in [0.05, 0.1) is 12.1 Å². The Balaban J connectivity index is 3.24. The molecule has 0 atom stereocenters. The van der Waals surface area contributed by atoms with E-state index in [0.717, 1.165) is 16.4 Å². The van der Waals surface area contributed by atoms with E-state index >= 15 is 0 Å². The summed E-state index contributed by atoms with van der Waals surface area (Å²) in [4.78, 5) is 10.4. The lowest BCUT2D eigenvalue weighted by Crippen LogP contribution is -2.47. The summed E-state index contributed by atoms with van der Waals surface area (Å²) >= 11 is 0. The Labute approximate surface area is 123 Å². The number of amides is 1. The van der Waals surface area contributed by atoms with Crippen molar-refractivity contribution in [3.05, 3.63) is 24.0 Å². The van der Waals surface area contributed by atoms with Gasteiger partial charge in [-0.2, -0.15) is 4.31 Å². The maximum Gasteiger partial charge on any atom is 0.246 e. The molecular weight excluding hydrogens is 299 g/mol. The first-order valence-corrected chi connectivity index (χ1v) is 7.63. The van der Waals surface area contributed by atoms with Crippen molar-refractivity contribution in [1.82, 2.24) is 4.31 Å². The second-order valence-electron chi connectivity index (χ2n) is 5.27. The number of hydrogen-bond donors (Lipinski definition) is 2. The fourth-order valence-electron chi connectivity index (χ4n) is 1.56. The van der Waals surface area contributed by atoms with Crippen molar-refractivity contribution in [2.45, 2.75) is 31.2 Å². The van der Waals surface area contributed by atoms with Crippen LogP contribution in [0.5, 0.6) is 0 Å². The SMILES string of the molecule is CC(=O)Nc1ccc(S(=O)(=O)N(C)C(C)(C)CO)c(F)c1. The molecule has 0 aromatic heterocycles. The summed E-state index contributed by atoms with van der Waals surface area (Å²) in [7, 11) is -2.83. The zero-order chi connectivity index (χ0) is 16.4. The normalized spacial score (nSPS) is 12.5. The molecule has 0 aliphatic heterocycles. The van der Waals surface area contributed by atoms with E-state index in [1.165, 1.54) is 33.9 Å². The van der Waals surface area contributed by atoms with E-state index < -0.39 is 32.9 Å². The van der Waals surface area contributed by atoms with Crippen molar-refractivity contribution >= 4 is 21.6 Å². The number of halogens is 1. The lowest BCUT2D eigenvalue weighted by atomic mass is 10.1. The van der Waals surface area contributed by atoms with Gasteiger partial charge in [0.15, 0.2) is 0 Å². The van der Waals surface area contributed by atoms with Crippen molar-refractivity contribution in [3.63, 3.8) is 0 Å². The van der Waals surface area contributed by atoms with Gasteiger partial charge in [-0.15, -0.1) is 0 Å². The summed E-state index contributed by atoms with van der Waals surface area (Å²) in [5.41, 5.74) is -0.898. The zero-order valence-electron chi connectivity index (χ0n) is 12.3. The molecule has 0 spiro atoms. The minimum atomic E-state index is -4.10. The highest BCUT2D eigenvalue weighted by atomic mass is 32.2. The number of nitrogens with zero attached hydrogens (tertiary/aromatic N) is 1. The summed E-state index contributed by atoms with van der Waals surface area (Å²) in [6.45, 7) is 3.90. The van der Waals surface area contributed by atoms with E-state index in [2.05, 4.69) is 5.32 Å². The first-order chi connectivity index (χ1) is 9.52. The Morgan fingerprint density at radius 1 is 1.43 bits per heavy atom. The molecule has 0 aliphatic carbocycles. The topological polar surface area (TPSA) is 86.7 Å². The van der Waals surface area contributed by atoms with Crippen molar-refractivity contribution in [2.24, 2.45) is 0 Å². The largest absolute Gasteiger partial charge is 0.394 e. The van der Waals surface area contributed by atoms with Crippen LogP contribution in [-0.4, -0.2) is 42.9 Å². The standard InChI is InChI=1S/C13H19FN2O4S/c1-9(18)15-10-5-6-12(11(14)7-10)21(19,20)16(4)13(2,3)8-17/h5-7,17H,8H2,1-4H3,(H,15,18). The van der Waals surface area contributed by atoms with Crippen LogP contribution in [0.2, 0.25) is 0 Å². The minimum absolute atomic E-state index is 0.169. The average molecular weight is 318 g/mol. The van der Waals surface area contributed by atoms with E-state index in [4.69, 9.17) is 0 Å². The van der Waals surface area contributed by atoms with Crippen LogP contribution in [-0.2, 0) is 14.8 Å². The number of carbonyl (C=O) groups excluding carboxylic acids is 1. The van der Waals surface area contributed by atoms with Gasteiger partial charge in [0, 0.05) is 19.7 Å². The number of anilines is 1. The minimum Gasteiger partial charge on any atom is -0.394 e. The first-order valence-electron chi connectivity index (χ1n) is 6.19. The molecule has 0 unspecified atom stereocenters. The summed E-state index contributed by atoms with van der Waals surface area (Å²) in [6.07, 6.45) is 0. The number of rotatable bonds is 5. The lowest BCUT2D eigenvalue weighted by Gasteiger charge is -2.32. The summed E-state index contributed by atoms with van der Waals surface area (Å²) in [6, 6.07) is 3.32. The number of nitrogens with one attached hydrogen (secondary N) is 1. The molecule has 0 fully saturated rings. The lowest BCUT2D eigenvalue weighted by molar-refractivity contribution is -0.114. The zero-order valence-corrected chi connectivity index (χ0v) is 13.2. The Bertz CT molecular complexity index is 644. The van der Waals surface area contributed by atoms with Crippen LogP contribution in [0.25, 0.3) is 0 Å². The molecule has 1 rings (SSSR count). The molecule has 0 saturated carbocycles. The van der Waals surface area contributed by atoms with Gasteiger partial charge in [-0.1, -0.05) is 0 Å². The molecule has 0 radical (unpaired) electrons. The van der Waals surface area contributed by atoms with Gasteiger partial charge in [0.1, 0.15) is 10.7 Å². The van der Waals surface area contributed by atoms with E-state index in [-0.39, 0.29) is 11.6 Å². The van der Waals surface area contributed by atoms with Crippen molar-refractivity contribution < 1.29 is 22.7 Å². The maximum atomic E-state index is 14.0. The van der Waals surface area contributed by atoms with Gasteiger partial charge in [0.25, 0.3) is 0 Å². The first kappa shape index (κ1) is 17.5. The third-order valence-electron chi connectivity index (χ3n) is 3.13. The van der Waals surface area contributed by atoms with E-state index in [0.29, 0.717) is 0 Å². The number of hydrogen-bond acceptors (Lipinski definition) is 4. The molecule has 1 aromatic carbocycles. The van der Waals surface area contributed by atoms with Crippen LogP contribution in [0.1, 0.15) is 20.8 Å². The quantitative estimate of drug-likeness (QED) is 0.853. The second-order valence-corrected chi connectivity index (χ2v) is 7.21. The van der Waals surface area contributed by atoms with Crippen LogP contribution >= 0.6 is 0 Å². The number of carbonyl (C=O) groups is 1. The molecule has 1 aromatic rings. The highest BCUT2D eigenvalue weighted by Crippen LogP contribution is 2.26. The van der Waals surface area contributed by atoms with E-state index in [1.807, 2.05) is 0 Å². The fraction of sp³-hybridized carbons (Fsp3) is 0.462. The molecule has 0 bridgehead atoms. The number of aliphatic hydroxyl groups is 1. The fourth-order valence-corrected chi connectivity index (χ4v) is 3.11. The van der Waals surface area contributed by atoms with Gasteiger partial charge in [-0.05, 0) is 32.0 Å². The van der Waals surface area contributed by atoms with Crippen LogP contribution in [0.3, 0.4) is 0 Å². The molecule has 2 N–H and O–H groups in total. The second kappa shape index (κ2) is 6.08. The number of sulfonamides is 1. The van der Waals surface area contributed by atoms with Crippen LogP contribution < -0.4 is 5.32 Å². The summed E-state index contributed by atoms with van der Waals surface area (Å²) in [5, 5.41) is 11.6. The van der Waals surface area contributed by atoms with Crippen molar-refractivity contribution in [3.8, 4) is 0 Å². The third-order valence-corrected chi connectivity index (χ3v) is 5.23. The van der Waals surface area contributed by atoms with E-state index in [9.17, 15) is 22.7 Å². The van der Waals surface area contributed by atoms with Gasteiger partial charge in [-0.3, -0.25) is 4.79 Å². The summed E-state index contributed by atoms with van der Waals surface area (Å²) in [5.74, 6) is -1.36. The van der Waals surface area contributed by atoms with E-state index in [1.54, 1.807) is 0 Å². The molecule has 0 aliphatic rings. The predicted molar refractivity (Wildman–Crippen MR) is 76.8 cm³/mol. The van der Waals surface area contributed by atoms with Crippen LogP contribution in [0.4, 0.5) is 10.1 Å². The van der Waals surface area contributed by atoms with Gasteiger partial charge in [-0.25, -0.2) is 12.8 Å². The third kappa shape index (κ3) is 3.78. The molecule has 1 amide bonds. The molecule has 8 heteroatoms. The molecule has 0 heterocycles. The highest BCUT2D eigenvalue weighted by Gasteiger charge is 2.35. The Morgan fingerprint density at radius 3 is 2.43 bits per heavy atom. The van der Waals surface area contributed by atoms with Crippen LogP contribution in [0.15, 0.2) is 23.1 Å². The molecule has 6 nitrogen and oxygen atoms in total. The number of benzene rings is 1. The Hall–Kier alpha value is -1.51. The van der Waals surface area contributed by atoms with Crippen molar-refractivity contribution in [2.75, 3.05) is 19.0 Å². The highest BCUT2D eigenvalue weighted by molar-refractivity contribution is 7.89. The predicted octanol–water partition coefficient (Wildman–Crippen LogP) is 1.18. The maximum absolute atomic E-state index is 14.0. The van der Waals surface area contributed by atoms with Gasteiger partial charge >= 0.3 is 0 Å². The Morgan fingerprint density at radius 2 is 2.00 bits per heavy atom. The molecule has 118 valence electrons. The smallest absolute Gasteiger partial charge is 0.246 e. The van der Waals surface area contributed by atoms with Crippen molar-refractivity contribution in [1.29, 1.82) is 0 Å². The monoisotopic (exact) mass is 318 g/mol. The molecule has 21 heavy (non-hydrogen) atoms. The molecular formula is C13H19FN2O4S. The average Bonchev–Trinajstić information content (AvgIpc) is 2.36. The van der Waals surface area contributed by atoms with Gasteiger partial charge in [0.2, 0.25) is 15.9 Å².